The summed E-state index contributed by atoms with van der Waals surface area (Å²) >= 11 is 6.13. The maximum Gasteiger partial charge on any atom is 0.270 e. The Morgan fingerprint density at radius 2 is 2.12 bits per heavy atom. The van der Waals surface area contributed by atoms with Crippen molar-refractivity contribution in [2.24, 2.45) is 0 Å². The van der Waals surface area contributed by atoms with Gasteiger partial charge in [0.25, 0.3) is 5.91 Å². The second-order valence-electron chi connectivity index (χ2n) is 6.04. The molecule has 3 rings (SSSR count). The number of nitrogens with zero attached hydrogens (tertiary/aromatic N) is 3. The predicted molar refractivity (Wildman–Crippen MR) is 101 cm³/mol. The van der Waals surface area contributed by atoms with Crippen molar-refractivity contribution in [3.63, 3.8) is 0 Å². The minimum atomic E-state index is -0.216. The fourth-order valence-corrected chi connectivity index (χ4v) is 2.85. The molecule has 1 aliphatic rings. The minimum absolute atomic E-state index is 0.216. The summed E-state index contributed by atoms with van der Waals surface area (Å²) in [6.07, 6.45) is 1.37. The summed E-state index contributed by atoms with van der Waals surface area (Å²) in [6.45, 7) is 6.58. The molecule has 0 saturated carbocycles. The first-order valence-corrected chi connectivity index (χ1v) is 8.94. The molecule has 0 aliphatic carbocycles. The highest BCUT2D eigenvalue weighted by molar-refractivity contribution is 6.31. The summed E-state index contributed by atoms with van der Waals surface area (Å²) in [5, 5.41) is 6.75. The Balaban J connectivity index is 1.57. The molecular formula is C18H22ClN5O2. The van der Waals surface area contributed by atoms with Crippen molar-refractivity contribution >= 4 is 29.0 Å². The lowest BCUT2D eigenvalue weighted by atomic mass is 10.2. The van der Waals surface area contributed by atoms with Crippen LogP contribution in [0.3, 0.4) is 0 Å². The molecule has 26 heavy (non-hydrogen) atoms. The Kier molecular flexibility index (Phi) is 6.38. The highest BCUT2D eigenvalue weighted by Crippen LogP contribution is 2.25. The number of amides is 1. The van der Waals surface area contributed by atoms with Crippen LogP contribution < -0.4 is 10.6 Å². The van der Waals surface area contributed by atoms with Gasteiger partial charge in [-0.25, -0.2) is 9.97 Å². The lowest BCUT2D eigenvalue weighted by molar-refractivity contribution is 0.0383. The molecule has 7 nitrogen and oxygen atoms in total. The van der Waals surface area contributed by atoms with Gasteiger partial charge >= 0.3 is 0 Å². The lowest BCUT2D eigenvalue weighted by Crippen LogP contribution is -2.41. The molecule has 1 aromatic heterocycles. The van der Waals surface area contributed by atoms with E-state index in [4.69, 9.17) is 16.3 Å². The molecule has 1 amide bonds. The van der Waals surface area contributed by atoms with Crippen molar-refractivity contribution in [3.8, 4) is 0 Å². The molecule has 0 bridgehead atoms. The average Bonchev–Trinajstić information content (AvgIpc) is 2.66. The van der Waals surface area contributed by atoms with Gasteiger partial charge in [0.05, 0.1) is 13.2 Å². The largest absolute Gasteiger partial charge is 0.379 e. The number of nitrogens with one attached hydrogen (secondary N) is 2. The number of carbonyl (C=O) groups excluding carboxylic acids is 1. The molecule has 1 aliphatic heterocycles. The Labute approximate surface area is 157 Å². The first-order chi connectivity index (χ1) is 12.6. The zero-order valence-corrected chi connectivity index (χ0v) is 15.4. The Morgan fingerprint density at radius 1 is 1.31 bits per heavy atom. The number of hydrogen-bond acceptors (Lipinski definition) is 6. The third kappa shape index (κ3) is 4.91. The maximum atomic E-state index is 12.3. The smallest absolute Gasteiger partial charge is 0.270 e. The quantitative estimate of drug-likeness (QED) is 0.806. The van der Waals surface area contributed by atoms with Gasteiger partial charge in [0.2, 0.25) is 0 Å². The van der Waals surface area contributed by atoms with Gasteiger partial charge in [-0.05, 0) is 24.6 Å². The van der Waals surface area contributed by atoms with Gasteiger partial charge < -0.3 is 15.4 Å². The Hall–Kier alpha value is -2.22. The second-order valence-corrected chi connectivity index (χ2v) is 6.44. The number of ether oxygens (including phenoxy) is 1. The van der Waals surface area contributed by atoms with Crippen LogP contribution in [0.5, 0.6) is 0 Å². The number of aromatic nitrogens is 2. The van der Waals surface area contributed by atoms with Crippen LogP contribution >= 0.6 is 11.6 Å². The number of halogens is 1. The molecule has 2 heterocycles. The average molecular weight is 376 g/mol. The summed E-state index contributed by atoms with van der Waals surface area (Å²) in [5.41, 5.74) is 2.09. The van der Waals surface area contributed by atoms with Crippen molar-refractivity contribution in [2.75, 3.05) is 44.7 Å². The Bertz CT molecular complexity index is 765. The van der Waals surface area contributed by atoms with E-state index in [2.05, 4.69) is 25.5 Å². The molecule has 1 saturated heterocycles. The normalized spacial score (nSPS) is 14.8. The Morgan fingerprint density at radius 3 is 2.92 bits per heavy atom. The molecule has 0 radical (unpaired) electrons. The number of rotatable bonds is 6. The van der Waals surface area contributed by atoms with E-state index < -0.39 is 0 Å². The van der Waals surface area contributed by atoms with Crippen LogP contribution in [0.15, 0.2) is 30.6 Å². The lowest BCUT2D eigenvalue weighted by Gasteiger charge is -2.26. The molecule has 2 aromatic rings. The van der Waals surface area contributed by atoms with Gasteiger partial charge in [-0.3, -0.25) is 9.69 Å². The van der Waals surface area contributed by atoms with Crippen LogP contribution in [0.2, 0.25) is 5.02 Å². The van der Waals surface area contributed by atoms with E-state index in [1.165, 1.54) is 6.33 Å². The van der Waals surface area contributed by atoms with Crippen LogP contribution in [-0.2, 0) is 4.74 Å². The van der Waals surface area contributed by atoms with E-state index in [9.17, 15) is 4.79 Å². The van der Waals surface area contributed by atoms with Crippen molar-refractivity contribution in [1.29, 1.82) is 0 Å². The molecule has 8 heteroatoms. The number of benzene rings is 1. The molecule has 1 fully saturated rings. The summed E-state index contributed by atoms with van der Waals surface area (Å²) < 4.78 is 5.31. The zero-order chi connectivity index (χ0) is 18.4. The second kappa shape index (κ2) is 8.93. The summed E-state index contributed by atoms with van der Waals surface area (Å²) in [5.74, 6) is 0.329. The zero-order valence-electron chi connectivity index (χ0n) is 14.7. The number of morpholine rings is 1. The number of hydrogen-bond donors (Lipinski definition) is 2. The molecule has 138 valence electrons. The third-order valence-electron chi connectivity index (χ3n) is 4.25. The van der Waals surface area contributed by atoms with Crippen LogP contribution in [0.4, 0.5) is 11.5 Å². The van der Waals surface area contributed by atoms with Gasteiger partial charge in [-0.15, -0.1) is 0 Å². The molecule has 1 aromatic carbocycles. The van der Waals surface area contributed by atoms with Crippen LogP contribution in [0.1, 0.15) is 16.1 Å². The van der Waals surface area contributed by atoms with Crippen molar-refractivity contribution in [3.05, 3.63) is 46.9 Å². The van der Waals surface area contributed by atoms with Gasteiger partial charge in [-0.2, -0.15) is 0 Å². The number of anilines is 2. The fraction of sp³-hybridized carbons (Fsp3) is 0.389. The molecular weight excluding hydrogens is 354 g/mol. The highest BCUT2D eigenvalue weighted by atomic mass is 35.5. The van der Waals surface area contributed by atoms with Crippen LogP contribution in [-0.4, -0.2) is 60.2 Å². The number of carbonyl (C=O) groups is 1. The van der Waals surface area contributed by atoms with Crippen molar-refractivity contribution in [1.82, 2.24) is 20.2 Å². The minimum Gasteiger partial charge on any atom is -0.379 e. The summed E-state index contributed by atoms with van der Waals surface area (Å²) in [6, 6.07) is 7.23. The van der Waals surface area contributed by atoms with Crippen molar-refractivity contribution in [2.45, 2.75) is 6.92 Å². The van der Waals surface area contributed by atoms with E-state index in [0.717, 1.165) is 44.1 Å². The third-order valence-corrected chi connectivity index (χ3v) is 4.66. The molecule has 0 spiro atoms. The van der Waals surface area contributed by atoms with Crippen LogP contribution in [0.25, 0.3) is 0 Å². The predicted octanol–water partition coefficient (Wildman–Crippen LogP) is 2.24. The van der Waals surface area contributed by atoms with Gasteiger partial charge in [0.15, 0.2) is 0 Å². The maximum absolute atomic E-state index is 12.3. The van der Waals surface area contributed by atoms with E-state index in [1.807, 2.05) is 25.1 Å². The van der Waals surface area contributed by atoms with E-state index in [1.54, 1.807) is 6.07 Å². The van der Waals surface area contributed by atoms with Crippen LogP contribution in [0, 0.1) is 6.92 Å². The summed E-state index contributed by atoms with van der Waals surface area (Å²) in [4.78, 5) is 22.8. The first kappa shape index (κ1) is 18.6. The van der Waals surface area contributed by atoms with E-state index in [-0.39, 0.29) is 5.91 Å². The molecule has 0 unspecified atom stereocenters. The molecule has 0 atom stereocenters. The molecule has 2 N–H and O–H groups in total. The SMILES string of the molecule is Cc1c(Cl)cccc1Nc1cc(C(=O)NCCN2CCOCC2)ncn1. The first-order valence-electron chi connectivity index (χ1n) is 8.56. The summed E-state index contributed by atoms with van der Waals surface area (Å²) in [7, 11) is 0. The topological polar surface area (TPSA) is 79.4 Å². The fourth-order valence-electron chi connectivity index (χ4n) is 2.67. The van der Waals surface area contributed by atoms with E-state index in [0.29, 0.717) is 23.1 Å². The van der Waals surface area contributed by atoms with Gasteiger partial charge in [0, 0.05) is 43.0 Å². The van der Waals surface area contributed by atoms with Crippen molar-refractivity contribution < 1.29 is 9.53 Å². The monoisotopic (exact) mass is 375 g/mol. The van der Waals surface area contributed by atoms with E-state index >= 15 is 0 Å². The van der Waals surface area contributed by atoms with Gasteiger partial charge in [-0.1, -0.05) is 17.7 Å². The van der Waals surface area contributed by atoms with Gasteiger partial charge in [0.1, 0.15) is 17.8 Å². The standard InChI is InChI=1S/C18H22ClN5O2/c1-13-14(19)3-2-4-15(13)23-17-11-16(21-12-22-17)18(25)20-5-6-24-7-9-26-10-8-24/h2-4,11-12H,5-10H2,1H3,(H,20,25)(H,21,22,23). The highest BCUT2D eigenvalue weighted by Gasteiger charge is 2.12.